The Balaban J connectivity index is 1.70. The summed E-state index contributed by atoms with van der Waals surface area (Å²) in [5.41, 5.74) is 0. The van der Waals surface area contributed by atoms with Crippen molar-refractivity contribution < 1.29 is 9.52 Å². The Kier molecular flexibility index (Phi) is 4.24. The summed E-state index contributed by atoms with van der Waals surface area (Å²) in [6.45, 7) is 6.39. The quantitative estimate of drug-likeness (QED) is 0.766. The van der Waals surface area contributed by atoms with Gasteiger partial charge in [0.05, 0.1) is 6.54 Å². The zero-order chi connectivity index (χ0) is 12.3. The molecule has 0 saturated heterocycles. The lowest BCUT2D eigenvalue weighted by Crippen LogP contribution is -2.21. The average molecular weight is 237 g/mol. The molecule has 1 heterocycles. The van der Waals surface area contributed by atoms with Crippen LogP contribution >= 0.6 is 0 Å². The van der Waals surface area contributed by atoms with E-state index in [1.54, 1.807) is 0 Å². The van der Waals surface area contributed by atoms with Gasteiger partial charge < -0.3 is 14.8 Å². The average Bonchev–Trinajstić information content (AvgIpc) is 2.84. The summed E-state index contributed by atoms with van der Waals surface area (Å²) in [6, 6.07) is 4.19. The fourth-order valence-corrected chi connectivity index (χ4v) is 2.17. The zero-order valence-corrected chi connectivity index (χ0v) is 10.8. The second-order valence-electron chi connectivity index (χ2n) is 5.37. The van der Waals surface area contributed by atoms with Crippen LogP contribution in [0.5, 0.6) is 0 Å². The van der Waals surface area contributed by atoms with Gasteiger partial charge in [-0.1, -0.05) is 13.8 Å². The van der Waals surface area contributed by atoms with Crippen LogP contribution in [0.2, 0.25) is 0 Å². The van der Waals surface area contributed by atoms with E-state index in [0.29, 0.717) is 11.8 Å². The van der Waals surface area contributed by atoms with Gasteiger partial charge in [-0.2, -0.15) is 0 Å². The molecule has 1 aliphatic rings. The molecule has 0 bridgehead atoms. The Bertz CT molecular complexity index is 348. The SMILES string of the molecule is CC(CCO)CNCc1ccc(C2CC2C)o1. The minimum atomic E-state index is 0.271. The molecule has 3 heteroatoms. The summed E-state index contributed by atoms with van der Waals surface area (Å²) >= 11 is 0. The number of rotatable bonds is 7. The van der Waals surface area contributed by atoms with Crippen LogP contribution < -0.4 is 5.32 Å². The summed E-state index contributed by atoms with van der Waals surface area (Å²) < 4.78 is 5.81. The molecule has 0 aromatic carbocycles. The smallest absolute Gasteiger partial charge is 0.117 e. The Morgan fingerprint density at radius 3 is 2.94 bits per heavy atom. The molecule has 3 nitrogen and oxygen atoms in total. The van der Waals surface area contributed by atoms with E-state index in [1.807, 2.05) is 0 Å². The van der Waals surface area contributed by atoms with Crippen LogP contribution in [0.4, 0.5) is 0 Å². The van der Waals surface area contributed by atoms with Crippen LogP contribution in [-0.4, -0.2) is 18.3 Å². The predicted molar refractivity (Wildman–Crippen MR) is 67.8 cm³/mol. The van der Waals surface area contributed by atoms with Gasteiger partial charge in [-0.3, -0.25) is 0 Å². The van der Waals surface area contributed by atoms with Gasteiger partial charge in [-0.05, 0) is 43.4 Å². The standard InChI is InChI=1S/C14H23NO2/c1-10(5-6-16)8-15-9-12-3-4-14(17-12)13-7-11(13)2/h3-4,10-11,13,15-16H,5-9H2,1-2H3. The van der Waals surface area contributed by atoms with Crippen molar-refractivity contribution in [2.75, 3.05) is 13.2 Å². The van der Waals surface area contributed by atoms with Crippen LogP contribution in [0, 0.1) is 11.8 Å². The first-order valence-corrected chi connectivity index (χ1v) is 6.61. The molecular formula is C14H23NO2. The number of hydrogen-bond donors (Lipinski definition) is 2. The van der Waals surface area contributed by atoms with E-state index in [-0.39, 0.29) is 6.61 Å². The van der Waals surface area contributed by atoms with Gasteiger partial charge in [0.2, 0.25) is 0 Å². The molecule has 96 valence electrons. The minimum Gasteiger partial charge on any atom is -0.464 e. The highest BCUT2D eigenvalue weighted by Gasteiger charge is 2.36. The van der Waals surface area contributed by atoms with Gasteiger partial charge in [0, 0.05) is 12.5 Å². The third-order valence-electron chi connectivity index (χ3n) is 3.57. The summed E-state index contributed by atoms with van der Waals surface area (Å²) in [5.74, 6) is 4.15. The van der Waals surface area contributed by atoms with E-state index in [2.05, 4.69) is 31.3 Å². The normalized spacial score (nSPS) is 24.9. The third-order valence-corrected chi connectivity index (χ3v) is 3.57. The van der Waals surface area contributed by atoms with Crippen molar-refractivity contribution in [2.45, 2.75) is 39.2 Å². The van der Waals surface area contributed by atoms with Crippen molar-refractivity contribution in [1.29, 1.82) is 0 Å². The molecule has 2 rings (SSSR count). The number of aliphatic hydroxyl groups is 1. The van der Waals surface area contributed by atoms with Gasteiger partial charge >= 0.3 is 0 Å². The number of furan rings is 1. The lowest BCUT2D eigenvalue weighted by atomic mass is 10.1. The van der Waals surface area contributed by atoms with Crippen LogP contribution in [0.1, 0.15) is 44.1 Å². The van der Waals surface area contributed by atoms with E-state index in [0.717, 1.165) is 36.9 Å². The summed E-state index contributed by atoms with van der Waals surface area (Å²) in [6.07, 6.45) is 2.13. The highest BCUT2D eigenvalue weighted by Crippen LogP contribution is 2.47. The minimum absolute atomic E-state index is 0.271. The molecular weight excluding hydrogens is 214 g/mol. The Morgan fingerprint density at radius 1 is 1.53 bits per heavy atom. The Labute approximate surface area is 103 Å². The van der Waals surface area contributed by atoms with Gasteiger partial charge in [-0.15, -0.1) is 0 Å². The summed E-state index contributed by atoms with van der Waals surface area (Å²) in [4.78, 5) is 0. The van der Waals surface area contributed by atoms with Crippen molar-refractivity contribution >= 4 is 0 Å². The first kappa shape index (κ1) is 12.7. The van der Waals surface area contributed by atoms with Crippen molar-refractivity contribution in [3.63, 3.8) is 0 Å². The largest absolute Gasteiger partial charge is 0.464 e. The molecule has 1 aliphatic carbocycles. The first-order valence-electron chi connectivity index (χ1n) is 6.61. The van der Waals surface area contributed by atoms with E-state index < -0.39 is 0 Å². The molecule has 2 N–H and O–H groups in total. The predicted octanol–water partition coefficient (Wildman–Crippen LogP) is 2.51. The molecule has 0 radical (unpaired) electrons. The molecule has 3 unspecified atom stereocenters. The lowest BCUT2D eigenvalue weighted by molar-refractivity contribution is 0.259. The Morgan fingerprint density at radius 2 is 2.29 bits per heavy atom. The molecule has 0 spiro atoms. The fraction of sp³-hybridized carbons (Fsp3) is 0.714. The molecule has 0 amide bonds. The zero-order valence-electron chi connectivity index (χ0n) is 10.8. The summed E-state index contributed by atoms with van der Waals surface area (Å²) in [5, 5.41) is 12.2. The van der Waals surface area contributed by atoms with Gasteiger partial charge in [-0.25, -0.2) is 0 Å². The highest BCUT2D eigenvalue weighted by molar-refractivity contribution is 5.17. The van der Waals surface area contributed by atoms with Crippen molar-refractivity contribution in [3.05, 3.63) is 23.7 Å². The van der Waals surface area contributed by atoms with Crippen molar-refractivity contribution in [3.8, 4) is 0 Å². The van der Waals surface area contributed by atoms with Gasteiger partial charge in [0.1, 0.15) is 11.5 Å². The maximum absolute atomic E-state index is 8.80. The number of nitrogens with one attached hydrogen (secondary N) is 1. The molecule has 1 saturated carbocycles. The number of hydrogen-bond acceptors (Lipinski definition) is 3. The maximum atomic E-state index is 8.80. The van der Waals surface area contributed by atoms with Crippen LogP contribution in [0.15, 0.2) is 16.5 Å². The highest BCUT2D eigenvalue weighted by atomic mass is 16.3. The molecule has 0 aliphatic heterocycles. The van der Waals surface area contributed by atoms with Crippen LogP contribution in [0.25, 0.3) is 0 Å². The molecule has 1 aromatic heterocycles. The van der Waals surface area contributed by atoms with Gasteiger partial charge in [0.25, 0.3) is 0 Å². The third kappa shape index (κ3) is 3.58. The second-order valence-corrected chi connectivity index (χ2v) is 5.37. The van der Waals surface area contributed by atoms with Crippen LogP contribution in [-0.2, 0) is 6.54 Å². The van der Waals surface area contributed by atoms with Crippen molar-refractivity contribution in [2.24, 2.45) is 11.8 Å². The maximum Gasteiger partial charge on any atom is 0.117 e. The fourth-order valence-electron chi connectivity index (χ4n) is 2.17. The first-order chi connectivity index (χ1) is 8.20. The molecule has 17 heavy (non-hydrogen) atoms. The van der Waals surface area contributed by atoms with E-state index in [9.17, 15) is 0 Å². The van der Waals surface area contributed by atoms with Crippen molar-refractivity contribution in [1.82, 2.24) is 5.32 Å². The van der Waals surface area contributed by atoms with E-state index >= 15 is 0 Å². The van der Waals surface area contributed by atoms with E-state index in [1.165, 1.54) is 6.42 Å². The molecule has 1 fully saturated rings. The van der Waals surface area contributed by atoms with Crippen LogP contribution in [0.3, 0.4) is 0 Å². The topological polar surface area (TPSA) is 45.4 Å². The molecule has 1 aromatic rings. The van der Waals surface area contributed by atoms with E-state index in [4.69, 9.17) is 9.52 Å². The molecule has 3 atom stereocenters. The second kappa shape index (κ2) is 5.69. The Hall–Kier alpha value is -0.800. The summed E-state index contributed by atoms with van der Waals surface area (Å²) in [7, 11) is 0. The monoisotopic (exact) mass is 237 g/mol. The number of aliphatic hydroxyl groups excluding tert-OH is 1. The van der Waals surface area contributed by atoms with Gasteiger partial charge in [0.15, 0.2) is 0 Å². The lowest BCUT2D eigenvalue weighted by Gasteiger charge is -2.09.